The molecule has 1 aliphatic heterocycles. The van der Waals surface area contributed by atoms with E-state index in [-0.39, 0.29) is 6.04 Å². The quantitative estimate of drug-likeness (QED) is 0.851. The third-order valence-electron chi connectivity index (χ3n) is 3.59. The van der Waals surface area contributed by atoms with Gasteiger partial charge in [-0.2, -0.15) is 0 Å². The van der Waals surface area contributed by atoms with Gasteiger partial charge in [0.25, 0.3) is 0 Å². The van der Waals surface area contributed by atoms with Crippen LogP contribution in [-0.2, 0) is 4.74 Å². The molecule has 0 amide bonds. The molecule has 1 saturated heterocycles. The number of ether oxygens (including phenoxy) is 2. The van der Waals surface area contributed by atoms with Crippen LogP contribution >= 0.6 is 0 Å². The number of hydrogen-bond donors (Lipinski definition) is 1. The van der Waals surface area contributed by atoms with Gasteiger partial charge in [-0.3, -0.25) is 0 Å². The molecule has 1 aliphatic rings. The molecule has 1 fully saturated rings. The standard InChI is InChI=1S/C15H24N2O2/c1-17(10-12-6-5-9-19-12)11-14(16)13-7-3-4-8-15(13)18-2/h3-4,7-8,12,14H,5-6,9-11,16H2,1-2H3. The second kappa shape index (κ2) is 6.89. The molecule has 1 heterocycles. The monoisotopic (exact) mass is 264 g/mol. The van der Waals surface area contributed by atoms with Crippen molar-refractivity contribution in [3.8, 4) is 5.75 Å². The van der Waals surface area contributed by atoms with E-state index in [4.69, 9.17) is 15.2 Å². The van der Waals surface area contributed by atoms with E-state index in [9.17, 15) is 0 Å². The summed E-state index contributed by atoms with van der Waals surface area (Å²) in [5, 5.41) is 0. The number of likely N-dealkylation sites (N-methyl/N-ethyl adjacent to an activating group) is 1. The molecule has 0 aromatic heterocycles. The van der Waals surface area contributed by atoms with Gasteiger partial charge in [-0.25, -0.2) is 0 Å². The minimum atomic E-state index is -0.0393. The van der Waals surface area contributed by atoms with E-state index in [0.717, 1.165) is 37.4 Å². The van der Waals surface area contributed by atoms with Crippen molar-refractivity contribution in [3.63, 3.8) is 0 Å². The number of methoxy groups -OCH3 is 1. The van der Waals surface area contributed by atoms with E-state index >= 15 is 0 Å². The molecule has 0 radical (unpaired) electrons. The van der Waals surface area contributed by atoms with Gasteiger partial charge in [0, 0.05) is 31.3 Å². The molecule has 0 aliphatic carbocycles. The summed E-state index contributed by atoms with van der Waals surface area (Å²) in [6.07, 6.45) is 2.71. The van der Waals surface area contributed by atoms with E-state index in [1.54, 1.807) is 7.11 Å². The highest BCUT2D eigenvalue weighted by atomic mass is 16.5. The number of para-hydroxylation sites is 1. The molecule has 106 valence electrons. The Morgan fingerprint density at radius 3 is 2.95 bits per heavy atom. The van der Waals surface area contributed by atoms with Crippen molar-refractivity contribution in [2.75, 3.05) is 33.9 Å². The molecule has 0 spiro atoms. The summed E-state index contributed by atoms with van der Waals surface area (Å²) >= 11 is 0. The topological polar surface area (TPSA) is 47.7 Å². The minimum absolute atomic E-state index is 0.0393. The summed E-state index contributed by atoms with van der Waals surface area (Å²) in [6, 6.07) is 7.91. The zero-order valence-electron chi connectivity index (χ0n) is 11.8. The Morgan fingerprint density at radius 2 is 2.26 bits per heavy atom. The lowest BCUT2D eigenvalue weighted by molar-refractivity contribution is 0.0796. The first-order chi connectivity index (χ1) is 9.20. The molecule has 2 rings (SSSR count). The van der Waals surface area contributed by atoms with Crippen molar-refractivity contribution in [2.24, 2.45) is 5.73 Å². The summed E-state index contributed by atoms with van der Waals surface area (Å²) in [5.41, 5.74) is 7.34. The van der Waals surface area contributed by atoms with Crippen LogP contribution in [0.2, 0.25) is 0 Å². The average molecular weight is 264 g/mol. The summed E-state index contributed by atoms with van der Waals surface area (Å²) in [6.45, 7) is 2.65. The van der Waals surface area contributed by atoms with Gasteiger partial charge in [0.2, 0.25) is 0 Å². The molecule has 19 heavy (non-hydrogen) atoms. The lowest BCUT2D eigenvalue weighted by atomic mass is 10.1. The third kappa shape index (κ3) is 3.93. The first kappa shape index (κ1) is 14.3. The Hall–Kier alpha value is -1.10. The molecule has 1 aromatic rings. The Labute approximate surface area is 115 Å². The van der Waals surface area contributed by atoms with Crippen molar-refractivity contribution in [3.05, 3.63) is 29.8 Å². The van der Waals surface area contributed by atoms with Gasteiger partial charge in [-0.05, 0) is 26.0 Å². The molecule has 4 heteroatoms. The van der Waals surface area contributed by atoms with Crippen LogP contribution in [0.4, 0.5) is 0 Å². The predicted octanol–water partition coefficient (Wildman–Crippen LogP) is 1.81. The second-order valence-corrected chi connectivity index (χ2v) is 5.20. The second-order valence-electron chi connectivity index (χ2n) is 5.20. The molecule has 1 aromatic carbocycles. The Morgan fingerprint density at radius 1 is 1.47 bits per heavy atom. The smallest absolute Gasteiger partial charge is 0.123 e. The van der Waals surface area contributed by atoms with Crippen molar-refractivity contribution < 1.29 is 9.47 Å². The molecule has 2 unspecified atom stereocenters. The minimum Gasteiger partial charge on any atom is -0.496 e. The summed E-state index contributed by atoms with van der Waals surface area (Å²) in [5.74, 6) is 0.862. The van der Waals surface area contributed by atoms with Crippen molar-refractivity contribution in [1.29, 1.82) is 0 Å². The van der Waals surface area contributed by atoms with Crippen molar-refractivity contribution >= 4 is 0 Å². The maximum atomic E-state index is 6.28. The van der Waals surface area contributed by atoms with Gasteiger partial charge >= 0.3 is 0 Å². The zero-order chi connectivity index (χ0) is 13.7. The average Bonchev–Trinajstić information content (AvgIpc) is 2.91. The highest BCUT2D eigenvalue weighted by Crippen LogP contribution is 2.24. The molecule has 0 bridgehead atoms. The molecule has 0 saturated carbocycles. The van der Waals surface area contributed by atoms with Crippen molar-refractivity contribution in [2.45, 2.75) is 25.0 Å². The maximum Gasteiger partial charge on any atom is 0.123 e. The molecule has 2 N–H and O–H groups in total. The molecular formula is C15H24N2O2. The number of nitrogens with two attached hydrogens (primary N) is 1. The van der Waals surface area contributed by atoms with Gasteiger partial charge in [-0.1, -0.05) is 18.2 Å². The van der Waals surface area contributed by atoms with Crippen LogP contribution in [0.3, 0.4) is 0 Å². The first-order valence-electron chi connectivity index (χ1n) is 6.89. The summed E-state index contributed by atoms with van der Waals surface area (Å²) in [7, 11) is 3.78. The predicted molar refractivity (Wildman–Crippen MR) is 76.4 cm³/mol. The van der Waals surface area contributed by atoms with Crippen molar-refractivity contribution in [1.82, 2.24) is 4.90 Å². The number of nitrogens with zero attached hydrogens (tertiary/aromatic N) is 1. The Balaban J connectivity index is 1.90. The van der Waals surface area contributed by atoms with Crippen LogP contribution in [0, 0.1) is 0 Å². The number of hydrogen-bond acceptors (Lipinski definition) is 4. The number of benzene rings is 1. The zero-order valence-corrected chi connectivity index (χ0v) is 11.8. The summed E-state index contributed by atoms with van der Waals surface area (Å²) in [4.78, 5) is 2.24. The van der Waals surface area contributed by atoms with Gasteiger partial charge in [0.05, 0.1) is 13.2 Å². The molecule has 2 atom stereocenters. The van der Waals surface area contributed by atoms with Crippen LogP contribution in [-0.4, -0.2) is 44.9 Å². The van der Waals surface area contributed by atoms with Crippen LogP contribution in [0.15, 0.2) is 24.3 Å². The van der Waals surface area contributed by atoms with Crippen LogP contribution in [0.5, 0.6) is 5.75 Å². The van der Waals surface area contributed by atoms with E-state index in [1.807, 2.05) is 24.3 Å². The van der Waals surface area contributed by atoms with Gasteiger partial charge in [0.15, 0.2) is 0 Å². The highest BCUT2D eigenvalue weighted by Gasteiger charge is 2.19. The van der Waals surface area contributed by atoms with E-state index < -0.39 is 0 Å². The fourth-order valence-electron chi connectivity index (χ4n) is 2.62. The normalized spacial score (nSPS) is 20.7. The van der Waals surface area contributed by atoms with E-state index in [0.29, 0.717) is 6.10 Å². The first-order valence-corrected chi connectivity index (χ1v) is 6.89. The van der Waals surface area contributed by atoms with Gasteiger partial charge < -0.3 is 20.1 Å². The van der Waals surface area contributed by atoms with E-state index in [2.05, 4.69) is 11.9 Å². The summed E-state index contributed by atoms with van der Waals surface area (Å²) < 4.78 is 11.0. The highest BCUT2D eigenvalue weighted by molar-refractivity contribution is 5.35. The fourth-order valence-corrected chi connectivity index (χ4v) is 2.62. The van der Waals surface area contributed by atoms with Crippen LogP contribution < -0.4 is 10.5 Å². The Kier molecular flexibility index (Phi) is 5.19. The lowest BCUT2D eigenvalue weighted by Crippen LogP contribution is -2.34. The van der Waals surface area contributed by atoms with Crippen LogP contribution in [0.1, 0.15) is 24.4 Å². The maximum absolute atomic E-state index is 6.28. The molecular weight excluding hydrogens is 240 g/mol. The number of rotatable bonds is 6. The Bertz CT molecular complexity index is 391. The fraction of sp³-hybridized carbons (Fsp3) is 0.600. The lowest BCUT2D eigenvalue weighted by Gasteiger charge is -2.24. The van der Waals surface area contributed by atoms with Crippen LogP contribution in [0.25, 0.3) is 0 Å². The van der Waals surface area contributed by atoms with Gasteiger partial charge in [0.1, 0.15) is 5.75 Å². The van der Waals surface area contributed by atoms with Gasteiger partial charge in [-0.15, -0.1) is 0 Å². The SMILES string of the molecule is COc1ccccc1C(N)CN(C)CC1CCCO1. The van der Waals surface area contributed by atoms with E-state index in [1.165, 1.54) is 6.42 Å². The largest absolute Gasteiger partial charge is 0.496 e. The third-order valence-corrected chi connectivity index (χ3v) is 3.59. The molecule has 4 nitrogen and oxygen atoms in total.